The molecule has 0 bridgehead atoms. The standard InChI is InChI=1S/C15H23N3O3S/c1-10-7-11(2)14(22(16,20)21)8-13(10)15(19)18-6-5-17(4)9-12(18)3/h7-8,12H,5-6,9H2,1-4H3,(H2,16,20,21)/t12-/m0/s1. The summed E-state index contributed by atoms with van der Waals surface area (Å²) in [5.74, 6) is -0.136. The van der Waals surface area contributed by atoms with Gasteiger partial charge in [-0.15, -0.1) is 0 Å². The van der Waals surface area contributed by atoms with Crippen LogP contribution in [-0.4, -0.2) is 56.8 Å². The Kier molecular flexibility index (Phi) is 4.60. The van der Waals surface area contributed by atoms with Gasteiger partial charge in [0.25, 0.3) is 5.91 Å². The van der Waals surface area contributed by atoms with Crippen molar-refractivity contribution < 1.29 is 13.2 Å². The van der Waals surface area contributed by atoms with Crippen LogP contribution in [0.5, 0.6) is 0 Å². The number of nitrogens with zero attached hydrogens (tertiary/aromatic N) is 2. The van der Waals surface area contributed by atoms with E-state index in [4.69, 9.17) is 5.14 Å². The number of likely N-dealkylation sites (N-methyl/N-ethyl adjacent to an activating group) is 1. The third-order valence-corrected chi connectivity index (χ3v) is 5.20. The summed E-state index contributed by atoms with van der Waals surface area (Å²) in [6.45, 7) is 7.74. The van der Waals surface area contributed by atoms with Gasteiger partial charge in [0.1, 0.15) is 0 Å². The van der Waals surface area contributed by atoms with E-state index in [0.717, 1.165) is 18.7 Å². The van der Waals surface area contributed by atoms with Crippen molar-refractivity contribution in [2.45, 2.75) is 31.7 Å². The molecule has 1 aromatic rings. The number of nitrogens with two attached hydrogens (primary N) is 1. The van der Waals surface area contributed by atoms with Gasteiger partial charge in [0.2, 0.25) is 10.0 Å². The quantitative estimate of drug-likeness (QED) is 0.869. The molecule has 2 rings (SSSR count). The molecule has 1 aliphatic rings. The molecule has 1 amide bonds. The van der Waals surface area contributed by atoms with Gasteiger partial charge in [-0.1, -0.05) is 6.07 Å². The predicted molar refractivity (Wildman–Crippen MR) is 85.3 cm³/mol. The third kappa shape index (κ3) is 3.31. The van der Waals surface area contributed by atoms with Crippen molar-refractivity contribution in [3.8, 4) is 0 Å². The Balaban J connectivity index is 2.42. The maximum atomic E-state index is 12.8. The Hall–Kier alpha value is -1.44. The molecule has 1 aliphatic heterocycles. The smallest absolute Gasteiger partial charge is 0.254 e. The lowest BCUT2D eigenvalue weighted by Gasteiger charge is -2.38. The second-order valence-electron chi connectivity index (χ2n) is 6.09. The molecule has 1 aromatic carbocycles. The molecule has 2 N–H and O–H groups in total. The lowest BCUT2D eigenvalue weighted by molar-refractivity contribution is 0.0532. The van der Waals surface area contributed by atoms with Crippen molar-refractivity contribution in [3.63, 3.8) is 0 Å². The summed E-state index contributed by atoms with van der Waals surface area (Å²) in [4.78, 5) is 16.8. The Morgan fingerprint density at radius 2 is 1.86 bits per heavy atom. The van der Waals surface area contributed by atoms with Gasteiger partial charge < -0.3 is 9.80 Å². The van der Waals surface area contributed by atoms with E-state index in [-0.39, 0.29) is 16.8 Å². The van der Waals surface area contributed by atoms with E-state index in [9.17, 15) is 13.2 Å². The average Bonchev–Trinajstić information content (AvgIpc) is 2.36. The molecule has 1 heterocycles. The molecule has 22 heavy (non-hydrogen) atoms. The van der Waals surface area contributed by atoms with Crippen LogP contribution in [0.25, 0.3) is 0 Å². The summed E-state index contributed by atoms with van der Waals surface area (Å²) in [5, 5.41) is 5.24. The Bertz CT molecular complexity index is 700. The van der Waals surface area contributed by atoms with Gasteiger partial charge in [0.05, 0.1) is 4.90 Å². The van der Waals surface area contributed by atoms with E-state index < -0.39 is 10.0 Å². The summed E-state index contributed by atoms with van der Waals surface area (Å²) in [7, 11) is -1.82. The van der Waals surface area contributed by atoms with Gasteiger partial charge in [-0.05, 0) is 45.0 Å². The van der Waals surface area contributed by atoms with Crippen LogP contribution < -0.4 is 5.14 Å². The van der Waals surface area contributed by atoms with Gasteiger partial charge in [-0.2, -0.15) is 0 Å². The SMILES string of the molecule is Cc1cc(C)c(S(N)(=O)=O)cc1C(=O)N1CCN(C)C[C@@H]1C. The number of aryl methyl sites for hydroxylation is 2. The van der Waals surface area contributed by atoms with Gasteiger partial charge in [0.15, 0.2) is 0 Å². The first-order chi connectivity index (χ1) is 10.1. The molecule has 7 heteroatoms. The molecule has 0 spiro atoms. The molecular formula is C15H23N3O3S. The number of sulfonamides is 1. The first-order valence-corrected chi connectivity index (χ1v) is 8.79. The third-order valence-electron chi connectivity index (χ3n) is 4.15. The number of piperazine rings is 1. The highest BCUT2D eigenvalue weighted by atomic mass is 32.2. The van der Waals surface area contributed by atoms with Crippen LogP contribution in [0.2, 0.25) is 0 Å². The first kappa shape index (κ1) is 16.9. The van der Waals surface area contributed by atoms with Crippen LogP contribution in [0, 0.1) is 13.8 Å². The van der Waals surface area contributed by atoms with Crippen molar-refractivity contribution in [2.75, 3.05) is 26.7 Å². The van der Waals surface area contributed by atoms with Gasteiger partial charge >= 0.3 is 0 Å². The molecular weight excluding hydrogens is 302 g/mol. The van der Waals surface area contributed by atoms with Gasteiger partial charge in [-0.3, -0.25) is 4.79 Å². The second kappa shape index (κ2) is 5.98. The molecule has 0 saturated carbocycles. The number of carbonyl (C=O) groups excluding carboxylic acids is 1. The minimum absolute atomic E-state index is 0.0169. The summed E-state index contributed by atoms with van der Waals surface area (Å²) in [5.41, 5.74) is 1.73. The zero-order chi connectivity index (χ0) is 16.7. The average molecular weight is 325 g/mol. The highest BCUT2D eigenvalue weighted by Crippen LogP contribution is 2.22. The van der Waals surface area contributed by atoms with E-state index >= 15 is 0 Å². The highest BCUT2D eigenvalue weighted by molar-refractivity contribution is 7.89. The molecule has 0 unspecified atom stereocenters. The Labute approximate surface area is 131 Å². The van der Waals surface area contributed by atoms with Crippen molar-refractivity contribution >= 4 is 15.9 Å². The molecule has 1 atom stereocenters. The first-order valence-electron chi connectivity index (χ1n) is 7.25. The number of carbonyl (C=O) groups is 1. The molecule has 0 aromatic heterocycles. The topological polar surface area (TPSA) is 83.7 Å². The van der Waals surface area contributed by atoms with Crippen molar-refractivity contribution in [1.29, 1.82) is 0 Å². The zero-order valence-electron chi connectivity index (χ0n) is 13.5. The molecule has 1 fully saturated rings. The summed E-state index contributed by atoms with van der Waals surface area (Å²) in [6, 6.07) is 3.20. The van der Waals surface area contributed by atoms with E-state index in [1.165, 1.54) is 6.07 Å². The van der Waals surface area contributed by atoms with Crippen LogP contribution in [0.15, 0.2) is 17.0 Å². The number of hydrogen-bond donors (Lipinski definition) is 1. The summed E-state index contributed by atoms with van der Waals surface area (Å²) >= 11 is 0. The number of primary sulfonamides is 1. The van der Waals surface area contributed by atoms with Crippen LogP contribution in [0.3, 0.4) is 0 Å². The van der Waals surface area contributed by atoms with Crippen LogP contribution in [-0.2, 0) is 10.0 Å². The fourth-order valence-electron chi connectivity index (χ4n) is 2.97. The fourth-order valence-corrected chi connectivity index (χ4v) is 3.76. The molecule has 1 saturated heterocycles. The van der Waals surface area contributed by atoms with Crippen LogP contribution in [0.4, 0.5) is 0 Å². The zero-order valence-corrected chi connectivity index (χ0v) is 14.3. The van der Waals surface area contributed by atoms with Crippen molar-refractivity contribution in [3.05, 3.63) is 28.8 Å². The molecule has 6 nitrogen and oxygen atoms in total. The highest BCUT2D eigenvalue weighted by Gasteiger charge is 2.28. The number of benzene rings is 1. The maximum absolute atomic E-state index is 12.8. The monoisotopic (exact) mass is 325 g/mol. The van der Waals surface area contributed by atoms with Gasteiger partial charge in [0, 0.05) is 31.2 Å². The molecule has 122 valence electrons. The second-order valence-corrected chi connectivity index (χ2v) is 7.62. The fraction of sp³-hybridized carbons (Fsp3) is 0.533. The number of rotatable bonds is 2. The lowest BCUT2D eigenvalue weighted by Crippen LogP contribution is -2.52. The Morgan fingerprint density at radius 1 is 1.23 bits per heavy atom. The summed E-state index contributed by atoms with van der Waals surface area (Å²) < 4.78 is 23.3. The van der Waals surface area contributed by atoms with Gasteiger partial charge in [-0.25, -0.2) is 13.6 Å². The predicted octanol–water partition coefficient (Wildman–Crippen LogP) is 0.727. The maximum Gasteiger partial charge on any atom is 0.254 e. The Morgan fingerprint density at radius 3 is 2.41 bits per heavy atom. The molecule has 0 aliphatic carbocycles. The number of hydrogen-bond acceptors (Lipinski definition) is 4. The van der Waals surface area contributed by atoms with E-state index in [0.29, 0.717) is 17.7 Å². The minimum Gasteiger partial charge on any atom is -0.333 e. The van der Waals surface area contributed by atoms with Crippen molar-refractivity contribution in [1.82, 2.24) is 9.80 Å². The normalized spacial score (nSPS) is 20.2. The van der Waals surface area contributed by atoms with E-state index in [2.05, 4.69) is 4.90 Å². The van der Waals surface area contributed by atoms with Crippen molar-refractivity contribution in [2.24, 2.45) is 5.14 Å². The van der Waals surface area contributed by atoms with E-state index in [1.54, 1.807) is 17.9 Å². The largest absolute Gasteiger partial charge is 0.333 e. The minimum atomic E-state index is -3.84. The number of amides is 1. The van der Waals surface area contributed by atoms with Crippen LogP contribution in [0.1, 0.15) is 28.4 Å². The molecule has 0 radical (unpaired) electrons. The lowest BCUT2D eigenvalue weighted by atomic mass is 10.0. The van der Waals surface area contributed by atoms with Crippen LogP contribution >= 0.6 is 0 Å². The summed E-state index contributed by atoms with van der Waals surface area (Å²) in [6.07, 6.45) is 0. The van der Waals surface area contributed by atoms with E-state index in [1.807, 2.05) is 20.9 Å².